The molecule has 8 heteroatoms. The van der Waals surface area contributed by atoms with E-state index in [1.54, 1.807) is 6.07 Å². The SMILES string of the molecule is O=C1CSc2ccc(C(=O)NCc3c(F)cc(F)cc3F)nc2C1. The van der Waals surface area contributed by atoms with Crippen molar-refractivity contribution >= 4 is 23.5 Å². The van der Waals surface area contributed by atoms with E-state index in [4.69, 9.17) is 0 Å². The molecule has 124 valence electrons. The summed E-state index contributed by atoms with van der Waals surface area (Å²) in [5.41, 5.74) is 0.128. The molecule has 1 amide bonds. The van der Waals surface area contributed by atoms with Gasteiger partial charge in [-0.05, 0) is 12.1 Å². The number of nitrogens with one attached hydrogen (secondary N) is 1. The highest BCUT2D eigenvalue weighted by Crippen LogP contribution is 2.27. The molecule has 0 radical (unpaired) electrons. The summed E-state index contributed by atoms with van der Waals surface area (Å²) in [6.45, 7) is -0.441. The summed E-state index contributed by atoms with van der Waals surface area (Å²) in [5.74, 6) is -3.42. The zero-order chi connectivity index (χ0) is 17.3. The predicted molar refractivity (Wildman–Crippen MR) is 81.2 cm³/mol. The highest BCUT2D eigenvalue weighted by Gasteiger charge is 2.20. The van der Waals surface area contributed by atoms with Crippen LogP contribution in [0.3, 0.4) is 0 Å². The first-order valence-corrected chi connectivity index (χ1v) is 7.98. The molecule has 0 aliphatic carbocycles. The largest absolute Gasteiger partial charge is 0.346 e. The van der Waals surface area contributed by atoms with Gasteiger partial charge in [-0.2, -0.15) is 0 Å². The first-order valence-electron chi connectivity index (χ1n) is 7.00. The predicted octanol–water partition coefficient (Wildman–Crippen LogP) is 2.65. The highest BCUT2D eigenvalue weighted by atomic mass is 32.2. The number of benzene rings is 1. The zero-order valence-electron chi connectivity index (χ0n) is 12.2. The molecule has 2 aromatic rings. The number of ketones is 1. The normalized spacial score (nSPS) is 13.5. The van der Waals surface area contributed by atoms with Crippen LogP contribution in [0.4, 0.5) is 13.2 Å². The number of hydrogen-bond acceptors (Lipinski definition) is 4. The fourth-order valence-electron chi connectivity index (χ4n) is 2.27. The molecule has 1 aromatic carbocycles. The molecule has 2 heterocycles. The van der Waals surface area contributed by atoms with Gasteiger partial charge in [0.2, 0.25) is 0 Å². The van der Waals surface area contributed by atoms with Gasteiger partial charge in [-0.15, -0.1) is 11.8 Å². The fourth-order valence-corrected chi connectivity index (χ4v) is 3.14. The van der Waals surface area contributed by atoms with Gasteiger partial charge >= 0.3 is 0 Å². The minimum absolute atomic E-state index is 0.0213. The number of pyridine rings is 1. The van der Waals surface area contributed by atoms with Crippen molar-refractivity contribution in [3.8, 4) is 0 Å². The quantitative estimate of drug-likeness (QED) is 0.923. The highest BCUT2D eigenvalue weighted by molar-refractivity contribution is 8.00. The van der Waals surface area contributed by atoms with Crippen molar-refractivity contribution in [2.24, 2.45) is 0 Å². The van der Waals surface area contributed by atoms with Crippen molar-refractivity contribution in [1.82, 2.24) is 10.3 Å². The van der Waals surface area contributed by atoms with Crippen LogP contribution in [0.25, 0.3) is 0 Å². The molecule has 0 saturated carbocycles. The standard InChI is InChI=1S/C16H11F3N2O2S/c17-8-3-11(18)10(12(19)4-8)6-20-16(23)13-1-2-15-14(21-13)5-9(22)7-24-15/h1-4H,5-7H2,(H,20,23). The van der Waals surface area contributed by atoms with Gasteiger partial charge in [-0.1, -0.05) is 0 Å². The van der Waals surface area contributed by atoms with Crippen molar-refractivity contribution in [2.45, 2.75) is 17.9 Å². The van der Waals surface area contributed by atoms with Crippen LogP contribution in [0.1, 0.15) is 21.7 Å². The van der Waals surface area contributed by atoms with E-state index in [1.165, 1.54) is 17.8 Å². The molecular formula is C16H11F3N2O2S. The van der Waals surface area contributed by atoms with Gasteiger partial charge in [0.05, 0.1) is 17.9 Å². The Kier molecular flexibility index (Phi) is 4.57. The molecular weight excluding hydrogens is 341 g/mol. The zero-order valence-corrected chi connectivity index (χ0v) is 13.1. The molecule has 3 rings (SSSR count). The Morgan fingerprint density at radius 2 is 1.92 bits per heavy atom. The van der Waals surface area contributed by atoms with E-state index in [-0.39, 0.29) is 17.9 Å². The van der Waals surface area contributed by atoms with Crippen LogP contribution in [0.5, 0.6) is 0 Å². The number of amides is 1. The molecule has 24 heavy (non-hydrogen) atoms. The maximum atomic E-state index is 13.5. The van der Waals surface area contributed by atoms with Crippen LogP contribution in [0.15, 0.2) is 29.2 Å². The molecule has 4 nitrogen and oxygen atoms in total. The van der Waals surface area contributed by atoms with Crippen LogP contribution < -0.4 is 5.32 Å². The molecule has 0 fully saturated rings. The summed E-state index contributed by atoms with van der Waals surface area (Å²) < 4.78 is 39.9. The van der Waals surface area contributed by atoms with E-state index < -0.39 is 35.5 Å². The van der Waals surface area contributed by atoms with Gasteiger partial charge in [0.25, 0.3) is 5.91 Å². The second kappa shape index (κ2) is 6.64. The number of hydrogen-bond donors (Lipinski definition) is 1. The Hall–Kier alpha value is -2.35. The third kappa shape index (κ3) is 3.43. The Bertz CT molecular complexity index is 819. The van der Waals surface area contributed by atoms with Gasteiger partial charge in [-0.25, -0.2) is 18.2 Å². The lowest BCUT2D eigenvalue weighted by molar-refractivity contribution is -0.116. The molecule has 0 spiro atoms. The molecule has 0 bridgehead atoms. The van der Waals surface area contributed by atoms with Gasteiger partial charge in [0.1, 0.15) is 28.9 Å². The second-order valence-electron chi connectivity index (χ2n) is 5.18. The van der Waals surface area contributed by atoms with E-state index in [9.17, 15) is 22.8 Å². The van der Waals surface area contributed by atoms with Crippen molar-refractivity contribution in [1.29, 1.82) is 0 Å². The molecule has 0 unspecified atom stereocenters. The molecule has 0 atom stereocenters. The molecule has 1 aliphatic rings. The smallest absolute Gasteiger partial charge is 0.270 e. The van der Waals surface area contributed by atoms with Gasteiger partial charge in [0.15, 0.2) is 0 Å². The van der Waals surface area contributed by atoms with Crippen LogP contribution in [-0.2, 0) is 17.8 Å². The molecule has 1 aromatic heterocycles. The minimum atomic E-state index is -1.08. The average Bonchev–Trinajstić information content (AvgIpc) is 2.52. The monoisotopic (exact) mass is 352 g/mol. The molecule has 1 N–H and O–H groups in total. The number of nitrogens with zero attached hydrogens (tertiary/aromatic N) is 1. The molecule has 1 aliphatic heterocycles. The van der Waals surface area contributed by atoms with E-state index in [0.29, 0.717) is 23.6 Å². The first-order chi connectivity index (χ1) is 11.4. The Labute approximate surface area is 139 Å². The lowest BCUT2D eigenvalue weighted by Gasteiger charge is -2.14. The van der Waals surface area contributed by atoms with Crippen LogP contribution in [-0.4, -0.2) is 22.4 Å². The third-order valence-corrected chi connectivity index (χ3v) is 4.60. The average molecular weight is 352 g/mol. The van der Waals surface area contributed by atoms with Crippen LogP contribution >= 0.6 is 11.8 Å². The Morgan fingerprint density at radius 1 is 1.21 bits per heavy atom. The summed E-state index contributed by atoms with van der Waals surface area (Å²) in [6.07, 6.45) is 0.157. The number of carbonyl (C=O) groups is 2. The summed E-state index contributed by atoms with van der Waals surface area (Å²) in [7, 11) is 0. The summed E-state index contributed by atoms with van der Waals surface area (Å²) in [5, 5.41) is 2.34. The number of carbonyl (C=O) groups excluding carboxylic acids is 2. The van der Waals surface area contributed by atoms with Crippen LogP contribution in [0.2, 0.25) is 0 Å². The van der Waals surface area contributed by atoms with E-state index in [1.807, 2.05) is 0 Å². The number of aromatic nitrogens is 1. The lowest BCUT2D eigenvalue weighted by Crippen LogP contribution is -2.26. The third-order valence-electron chi connectivity index (χ3n) is 3.45. The Morgan fingerprint density at radius 3 is 2.62 bits per heavy atom. The lowest BCUT2D eigenvalue weighted by atomic mass is 10.1. The maximum Gasteiger partial charge on any atom is 0.270 e. The number of thioether (sulfide) groups is 1. The van der Waals surface area contributed by atoms with E-state index >= 15 is 0 Å². The topological polar surface area (TPSA) is 59.1 Å². The molecule has 0 saturated heterocycles. The van der Waals surface area contributed by atoms with Crippen molar-refractivity contribution in [3.63, 3.8) is 0 Å². The van der Waals surface area contributed by atoms with E-state index in [2.05, 4.69) is 10.3 Å². The van der Waals surface area contributed by atoms with Crippen molar-refractivity contribution in [3.05, 3.63) is 58.7 Å². The van der Waals surface area contributed by atoms with Crippen LogP contribution in [0, 0.1) is 17.5 Å². The second-order valence-corrected chi connectivity index (χ2v) is 6.19. The number of fused-ring (bicyclic) bond motifs is 1. The van der Waals surface area contributed by atoms with Gasteiger partial charge in [0, 0.05) is 29.1 Å². The first kappa shape index (κ1) is 16.5. The maximum absolute atomic E-state index is 13.5. The summed E-state index contributed by atoms with van der Waals surface area (Å²) >= 11 is 1.35. The summed E-state index contributed by atoms with van der Waals surface area (Å²) in [4.78, 5) is 28.5. The number of Topliss-reactive ketones (excluding diaryl/α,β-unsaturated/α-hetero) is 1. The number of rotatable bonds is 3. The fraction of sp³-hybridized carbons (Fsp3) is 0.188. The van der Waals surface area contributed by atoms with Crippen molar-refractivity contribution in [2.75, 3.05) is 5.75 Å². The van der Waals surface area contributed by atoms with E-state index in [0.717, 1.165) is 4.90 Å². The van der Waals surface area contributed by atoms with Crippen molar-refractivity contribution < 1.29 is 22.8 Å². The minimum Gasteiger partial charge on any atom is -0.346 e. The number of halogens is 3. The summed E-state index contributed by atoms with van der Waals surface area (Å²) in [6, 6.07) is 4.26. The van der Waals surface area contributed by atoms with Gasteiger partial charge in [-0.3, -0.25) is 9.59 Å². The Balaban J connectivity index is 1.74. The van der Waals surface area contributed by atoms with Gasteiger partial charge < -0.3 is 5.32 Å².